The third kappa shape index (κ3) is 1.70. The number of nitrogens with two attached hydrogens (primary N) is 1. The minimum atomic E-state index is 0.441. The number of hydrogen-bond acceptors (Lipinski definition) is 4. The van der Waals surface area contributed by atoms with E-state index in [1.807, 2.05) is 41.9 Å². The maximum Gasteiger partial charge on any atom is 0.126 e. The molecule has 0 radical (unpaired) electrons. The molecule has 3 heterocycles. The van der Waals surface area contributed by atoms with Crippen molar-refractivity contribution in [3.63, 3.8) is 0 Å². The lowest BCUT2D eigenvalue weighted by Gasteiger charge is -2.07. The van der Waals surface area contributed by atoms with Gasteiger partial charge in [0.25, 0.3) is 0 Å². The first-order chi connectivity index (χ1) is 10.3. The summed E-state index contributed by atoms with van der Waals surface area (Å²) in [5, 5.41) is 13.3. The Labute approximate surface area is 124 Å². The molecule has 0 spiro atoms. The largest absolute Gasteiger partial charge is 0.397 e. The zero-order valence-electron chi connectivity index (χ0n) is 10.9. The number of nitriles is 1. The average molecular weight is 290 g/mol. The van der Waals surface area contributed by atoms with Crippen molar-refractivity contribution < 1.29 is 0 Å². The minimum Gasteiger partial charge on any atom is -0.397 e. The normalized spacial score (nSPS) is 11.0. The molecule has 0 saturated heterocycles. The number of rotatable bonds is 1. The van der Waals surface area contributed by atoms with Crippen LogP contribution in [0.15, 0.2) is 41.9 Å². The van der Waals surface area contributed by atoms with Gasteiger partial charge in [-0.05, 0) is 29.6 Å². The van der Waals surface area contributed by atoms with Crippen LogP contribution in [-0.2, 0) is 0 Å². The van der Waals surface area contributed by atoms with Gasteiger partial charge >= 0.3 is 0 Å². The van der Waals surface area contributed by atoms with Crippen LogP contribution in [0.1, 0.15) is 5.56 Å². The Morgan fingerprint density at radius 2 is 2.14 bits per heavy atom. The molecule has 5 heteroatoms. The van der Waals surface area contributed by atoms with E-state index in [0.717, 1.165) is 26.7 Å². The molecule has 0 aliphatic rings. The summed E-state index contributed by atoms with van der Waals surface area (Å²) in [6.45, 7) is 0. The Morgan fingerprint density at radius 3 is 3.00 bits per heavy atom. The SMILES string of the molecule is N#Cc1c(-c2ccc3[nH]ccc3c2)nc2sccc2c1N. The first-order valence-corrected chi connectivity index (χ1v) is 7.30. The number of pyridine rings is 1. The van der Waals surface area contributed by atoms with Crippen molar-refractivity contribution >= 4 is 38.1 Å². The van der Waals surface area contributed by atoms with Gasteiger partial charge in [-0.2, -0.15) is 5.26 Å². The first-order valence-electron chi connectivity index (χ1n) is 6.42. The molecule has 100 valence electrons. The van der Waals surface area contributed by atoms with Crippen molar-refractivity contribution in [1.82, 2.24) is 9.97 Å². The van der Waals surface area contributed by atoms with Crippen LogP contribution < -0.4 is 5.73 Å². The van der Waals surface area contributed by atoms with E-state index in [1.54, 1.807) is 0 Å². The molecule has 0 aliphatic heterocycles. The molecule has 0 unspecified atom stereocenters. The van der Waals surface area contributed by atoms with Crippen molar-refractivity contribution in [2.45, 2.75) is 0 Å². The van der Waals surface area contributed by atoms with Gasteiger partial charge in [-0.3, -0.25) is 0 Å². The van der Waals surface area contributed by atoms with E-state index in [1.165, 1.54) is 11.3 Å². The van der Waals surface area contributed by atoms with E-state index in [-0.39, 0.29) is 0 Å². The van der Waals surface area contributed by atoms with Crippen LogP contribution in [0.25, 0.3) is 32.4 Å². The average Bonchev–Trinajstić information content (AvgIpc) is 3.15. The predicted molar refractivity (Wildman–Crippen MR) is 86.0 cm³/mol. The predicted octanol–water partition coefficient (Wildman–Crippen LogP) is 3.90. The summed E-state index contributed by atoms with van der Waals surface area (Å²) in [7, 11) is 0. The number of aromatic amines is 1. The van der Waals surface area contributed by atoms with Gasteiger partial charge in [0.15, 0.2) is 0 Å². The quantitative estimate of drug-likeness (QED) is 0.558. The zero-order chi connectivity index (χ0) is 14.4. The van der Waals surface area contributed by atoms with Gasteiger partial charge in [0.2, 0.25) is 0 Å². The standard InChI is InChI=1S/C16H10N4S/c17-8-12-14(18)11-4-6-21-16(11)20-15(12)10-1-2-13-9(7-10)3-5-19-13/h1-7,19H,(H2,18,20). The molecule has 0 amide bonds. The number of nitrogens with one attached hydrogen (secondary N) is 1. The molecule has 4 aromatic rings. The van der Waals surface area contributed by atoms with Crippen LogP contribution in [-0.4, -0.2) is 9.97 Å². The molecule has 3 N–H and O–H groups in total. The second-order valence-corrected chi connectivity index (χ2v) is 5.67. The van der Waals surface area contributed by atoms with Crippen molar-refractivity contribution in [1.29, 1.82) is 5.26 Å². The Kier molecular flexibility index (Phi) is 2.46. The Hall–Kier alpha value is -2.84. The maximum absolute atomic E-state index is 9.46. The highest BCUT2D eigenvalue weighted by atomic mass is 32.1. The van der Waals surface area contributed by atoms with Crippen LogP contribution in [0.4, 0.5) is 5.69 Å². The summed E-state index contributed by atoms with van der Waals surface area (Å²) in [6.07, 6.45) is 1.89. The fraction of sp³-hybridized carbons (Fsp3) is 0. The molecule has 0 saturated carbocycles. The van der Waals surface area contributed by atoms with Gasteiger partial charge < -0.3 is 10.7 Å². The molecule has 3 aromatic heterocycles. The lowest BCUT2D eigenvalue weighted by atomic mass is 10.0. The molecular weight excluding hydrogens is 280 g/mol. The van der Waals surface area contributed by atoms with Gasteiger partial charge in [-0.1, -0.05) is 6.07 Å². The van der Waals surface area contributed by atoms with Gasteiger partial charge in [0.1, 0.15) is 16.5 Å². The lowest BCUT2D eigenvalue weighted by molar-refractivity contribution is 1.39. The van der Waals surface area contributed by atoms with Gasteiger partial charge in [-0.25, -0.2) is 4.98 Å². The van der Waals surface area contributed by atoms with Crippen molar-refractivity contribution in [2.75, 3.05) is 5.73 Å². The van der Waals surface area contributed by atoms with Gasteiger partial charge in [-0.15, -0.1) is 11.3 Å². The number of nitrogen functional groups attached to an aromatic ring is 1. The monoisotopic (exact) mass is 290 g/mol. The van der Waals surface area contributed by atoms with Crippen molar-refractivity contribution in [3.05, 3.63) is 47.5 Å². The molecule has 0 atom stereocenters. The summed E-state index contributed by atoms with van der Waals surface area (Å²) >= 11 is 1.53. The topological polar surface area (TPSA) is 78.5 Å². The van der Waals surface area contributed by atoms with E-state index in [2.05, 4.69) is 16.0 Å². The fourth-order valence-electron chi connectivity index (χ4n) is 2.54. The summed E-state index contributed by atoms with van der Waals surface area (Å²) in [6, 6.07) is 12.1. The second-order valence-electron chi connectivity index (χ2n) is 4.78. The fourth-order valence-corrected chi connectivity index (χ4v) is 3.32. The number of thiophene rings is 1. The number of hydrogen-bond donors (Lipinski definition) is 2. The first kappa shape index (κ1) is 11.9. The summed E-state index contributed by atoms with van der Waals surface area (Å²) in [5.41, 5.74) is 9.70. The Balaban J connectivity index is 2.06. The van der Waals surface area contributed by atoms with Crippen molar-refractivity contribution in [2.24, 2.45) is 0 Å². The number of fused-ring (bicyclic) bond motifs is 2. The number of benzene rings is 1. The smallest absolute Gasteiger partial charge is 0.126 e. The van der Waals surface area contributed by atoms with Gasteiger partial charge in [0, 0.05) is 28.0 Å². The van der Waals surface area contributed by atoms with E-state index in [4.69, 9.17) is 5.73 Å². The third-order valence-corrected chi connectivity index (χ3v) is 4.40. The summed E-state index contributed by atoms with van der Waals surface area (Å²) < 4.78 is 0. The van der Waals surface area contributed by atoms with Gasteiger partial charge in [0.05, 0.1) is 11.4 Å². The third-order valence-electron chi connectivity index (χ3n) is 3.59. The Bertz CT molecular complexity index is 1020. The Morgan fingerprint density at radius 1 is 1.24 bits per heavy atom. The number of anilines is 1. The van der Waals surface area contributed by atoms with Crippen LogP contribution >= 0.6 is 11.3 Å². The molecular formula is C16H10N4S. The van der Waals surface area contributed by atoms with Crippen molar-refractivity contribution in [3.8, 4) is 17.3 Å². The molecule has 1 aromatic carbocycles. The molecule has 0 aliphatic carbocycles. The number of aromatic nitrogens is 2. The molecule has 0 fully saturated rings. The summed E-state index contributed by atoms with van der Waals surface area (Å²) in [4.78, 5) is 8.65. The molecule has 21 heavy (non-hydrogen) atoms. The minimum absolute atomic E-state index is 0.441. The van der Waals surface area contributed by atoms with Crippen LogP contribution in [0, 0.1) is 11.3 Å². The van der Waals surface area contributed by atoms with E-state index in [9.17, 15) is 5.26 Å². The summed E-state index contributed by atoms with van der Waals surface area (Å²) in [5.74, 6) is 0. The number of H-pyrrole nitrogens is 1. The van der Waals surface area contributed by atoms with Crippen LogP contribution in [0.3, 0.4) is 0 Å². The molecule has 0 bridgehead atoms. The van der Waals surface area contributed by atoms with Crippen LogP contribution in [0.5, 0.6) is 0 Å². The second kappa shape index (κ2) is 4.33. The highest BCUT2D eigenvalue weighted by Gasteiger charge is 2.15. The number of nitrogens with zero attached hydrogens (tertiary/aromatic N) is 2. The van der Waals surface area contributed by atoms with E-state index >= 15 is 0 Å². The lowest BCUT2D eigenvalue weighted by Crippen LogP contribution is -1.97. The highest BCUT2D eigenvalue weighted by Crippen LogP contribution is 2.34. The zero-order valence-corrected chi connectivity index (χ0v) is 11.7. The van der Waals surface area contributed by atoms with Crippen LogP contribution in [0.2, 0.25) is 0 Å². The molecule has 4 nitrogen and oxygen atoms in total. The molecule has 4 rings (SSSR count). The van der Waals surface area contributed by atoms with E-state index < -0.39 is 0 Å². The highest BCUT2D eigenvalue weighted by molar-refractivity contribution is 7.16. The maximum atomic E-state index is 9.46. The van der Waals surface area contributed by atoms with E-state index in [0.29, 0.717) is 16.9 Å².